The molecule has 2 rings (SSSR count). The standard InChI is InChI=1S/C14H14N4O3/c1-10(11-4-2-6-15-8-11)17-18-14(20)13(19)16-9-12-5-3-7-21-12/h2-8H,9H2,1H3,(H,16,19)(H,18,20)/b17-10-. The molecule has 0 atom stereocenters. The minimum Gasteiger partial charge on any atom is -0.467 e. The number of amides is 2. The summed E-state index contributed by atoms with van der Waals surface area (Å²) >= 11 is 0. The molecule has 0 fully saturated rings. The minimum atomic E-state index is -0.843. The Kier molecular flexibility index (Phi) is 4.81. The Hall–Kier alpha value is -2.96. The van der Waals surface area contributed by atoms with E-state index < -0.39 is 11.8 Å². The molecule has 0 aromatic carbocycles. The van der Waals surface area contributed by atoms with Crippen LogP contribution in [0.25, 0.3) is 0 Å². The molecule has 108 valence electrons. The van der Waals surface area contributed by atoms with Crippen LogP contribution in [-0.4, -0.2) is 22.5 Å². The van der Waals surface area contributed by atoms with Crippen LogP contribution in [0.1, 0.15) is 18.2 Å². The van der Waals surface area contributed by atoms with Gasteiger partial charge < -0.3 is 9.73 Å². The number of rotatable bonds is 4. The van der Waals surface area contributed by atoms with Crippen molar-refractivity contribution in [1.29, 1.82) is 0 Å². The average molecular weight is 286 g/mol. The van der Waals surface area contributed by atoms with Crippen molar-refractivity contribution in [3.05, 3.63) is 54.2 Å². The third-order valence-corrected chi connectivity index (χ3v) is 2.61. The van der Waals surface area contributed by atoms with Crippen LogP contribution in [0.2, 0.25) is 0 Å². The van der Waals surface area contributed by atoms with E-state index in [2.05, 4.69) is 20.8 Å². The predicted molar refractivity (Wildman–Crippen MR) is 75.1 cm³/mol. The first-order chi connectivity index (χ1) is 10.2. The summed E-state index contributed by atoms with van der Waals surface area (Å²) < 4.78 is 5.04. The molecule has 0 aliphatic heterocycles. The number of hydrogen-bond acceptors (Lipinski definition) is 5. The molecule has 0 bridgehead atoms. The first-order valence-corrected chi connectivity index (χ1v) is 6.22. The zero-order valence-electron chi connectivity index (χ0n) is 11.4. The number of pyridine rings is 1. The Bertz CT molecular complexity index is 636. The summed E-state index contributed by atoms with van der Waals surface area (Å²) in [4.78, 5) is 27.0. The monoisotopic (exact) mass is 286 g/mol. The molecular weight excluding hydrogens is 272 g/mol. The van der Waals surface area contributed by atoms with Gasteiger partial charge in [-0.3, -0.25) is 14.6 Å². The van der Waals surface area contributed by atoms with E-state index in [0.717, 1.165) is 5.56 Å². The summed E-state index contributed by atoms with van der Waals surface area (Å²) in [6, 6.07) is 6.95. The number of carbonyl (C=O) groups is 2. The maximum Gasteiger partial charge on any atom is 0.329 e. The predicted octanol–water partition coefficient (Wildman–Crippen LogP) is 0.831. The van der Waals surface area contributed by atoms with Gasteiger partial charge in [0.1, 0.15) is 5.76 Å². The maximum absolute atomic E-state index is 11.6. The van der Waals surface area contributed by atoms with Crippen LogP contribution in [0.15, 0.2) is 52.4 Å². The molecule has 0 saturated carbocycles. The third-order valence-electron chi connectivity index (χ3n) is 2.61. The Morgan fingerprint density at radius 3 is 2.81 bits per heavy atom. The zero-order chi connectivity index (χ0) is 15.1. The van der Waals surface area contributed by atoms with Crippen LogP contribution < -0.4 is 10.7 Å². The largest absolute Gasteiger partial charge is 0.467 e. The van der Waals surface area contributed by atoms with Gasteiger partial charge in [-0.15, -0.1) is 0 Å². The molecule has 0 unspecified atom stereocenters. The first-order valence-electron chi connectivity index (χ1n) is 6.22. The maximum atomic E-state index is 11.6. The van der Waals surface area contributed by atoms with Crippen molar-refractivity contribution in [3.63, 3.8) is 0 Å². The first kappa shape index (κ1) is 14.4. The molecule has 21 heavy (non-hydrogen) atoms. The van der Waals surface area contributed by atoms with E-state index in [-0.39, 0.29) is 6.54 Å². The van der Waals surface area contributed by atoms with E-state index in [1.165, 1.54) is 6.26 Å². The molecule has 0 aliphatic rings. The second-order valence-corrected chi connectivity index (χ2v) is 4.14. The summed E-state index contributed by atoms with van der Waals surface area (Å²) in [5.41, 5.74) is 3.50. The molecule has 0 spiro atoms. The van der Waals surface area contributed by atoms with Gasteiger partial charge in [-0.25, -0.2) is 5.43 Å². The number of aromatic nitrogens is 1. The quantitative estimate of drug-likeness (QED) is 0.494. The molecule has 7 nitrogen and oxygen atoms in total. The van der Waals surface area contributed by atoms with Crippen LogP contribution in [0.5, 0.6) is 0 Å². The van der Waals surface area contributed by atoms with Gasteiger partial charge in [0.15, 0.2) is 0 Å². The molecule has 0 radical (unpaired) electrons. The van der Waals surface area contributed by atoms with Crippen LogP contribution in [0.3, 0.4) is 0 Å². The lowest BCUT2D eigenvalue weighted by Crippen LogP contribution is -2.37. The lowest BCUT2D eigenvalue weighted by molar-refractivity contribution is -0.139. The van der Waals surface area contributed by atoms with E-state index >= 15 is 0 Å². The van der Waals surface area contributed by atoms with Crippen molar-refractivity contribution >= 4 is 17.5 Å². The lowest BCUT2D eigenvalue weighted by Gasteiger charge is -2.03. The van der Waals surface area contributed by atoms with Crippen LogP contribution in [0.4, 0.5) is 0 Å². The average Bonchev–Trinajstić information content (AvgIpc) is 3.04. The second-order valence-electron chi connectivity index (χ2n) is 4.14. The van der Waals surface area contributed by atoms with Crippen LogP contribution in [-0.2, 0) is 16.1 Å². The number of carbonyl (C=O) groups excluding carboxylic acids is 2. The summed E-state index contributed by atoms with van der Waals surface area (Å²) in [6.07, 6.45) is 4.74. The minimum absolute atomic E-state index is 0.143. The summed E-state index contributed by atoms with van der Waals surface area (Å²) in [5.74, 6) is -1.06. The molecule has 2 aromatic heterocycles. The van der Waals surface area contributed by atoms with E-state index in [1.807, 2.05) is 0 Å². The number of hydrogen-bond donors (Lipinski definition) is 2. The number of furan rings is 1. The Labute approximate surface area is 121 Å². The van der Waals surface area contributed by atoms with Crippen molar-refractivity contribution in [1.82, 2.24) is 15.7 Å². The van der Waals surface area contributed by atoms with Crippen LogP contribution in [0, 0.1) is 0 Å². The number of nitrogens with one attached hydrogen (secondary N) is 2. The van der Waals surface area contributed by atoms with Gasteiger partial charge in [-0.1, -0.05) is 6.07 Å². The Balaban J connectivity index is 1.85. The number of hydrazone groups is 1. The molecule has 0 saturated heterocycles. The fourth-order valence-corrected chi connectivity index (χ4v) is 1.49. The van der Waals surface area contributed by atoms with Gasteiger partial charge in [-0.2, -0.15) is 5.10 Å². The van der Waals surface area contributed by atoms with E-state index in [0.29, 0.717) is 11.5 Å². The van der Waals surface area contributed by atoms with Gasteiger partial charge in [0.05, 0.1) is 18.5 Å². The molecule has 0 aliphatic carbocycles. The molecule has 2 heterocycles. The lowest BCUT2D eigenvalue weighted by atomic mass is 10.2. The normalized spacial score (nSPS) is 11.0. The highest BCUT2D eigenvalue weighted by Crippen LogP contribution is 1.99. The van der Waals surface area contributed by atoms with Gasteiger partial charge in [0, 0.05) is 18.0 Å². The van der Waals surface area contributed by atoms with Gasteiger partial charge in [0.25, 0.3) is 0 Å². The van der Waals surface area contributed by atoms with Crippen molar-refractivity contribution in [2.24, 2.45) is 5.10 Å². The summed E-state index contributed by atoms with van der Waals surface area (Å²) in [5, 5.41) is 6.28. The fraction of sp³-hybridized carbons (Fsp3) is 0.143. The molecular formula is C14H14N4O3. The topological polar surface area (TPSA) is 96.6 Å². The fourth-order valence-electron chi connectivity index (χ4n) is 1.49. The second kappa shape index (κ2) is 6.99. The molecule has 2 N–H and O–H groups in total. The van der Waals surface area contributed by atoms with E-state index in [4.69, 9.17) is 4.42 Å². The van der Waals surface area contributed by atoms with Crippen LogP contribution >= 0.6 is 0 Å². The highest BCUT2D eigenvalue weighted by Gasteiger charge is 2.13. The van der Waals surface area contributed by atoms with E-state index in [9.17, 15) is 9.59 Å². The van der Waals surface area contributed by atoms with E-state index in [1.54, 1.807) is 43.6 Å². The zero-order valence-corrected chi connectivity index (χ0v) is 11.4. The summed E-state index contributed by atoms with van der Waals surface area (Å²) in [7, 11) is 0. The SMILES string of the molecule is C/C(=N/NC(=O)C(=O)NCc1ccco1)c1cccnc1. The van der Waals surface area contributed by atoms with Gasteiger partial charge >= 0.3 is 11.8 Å². The Morgan fingerprint density at radius 2 is 2.14 bits per heavy atom. The van der Waals surface area contributed by atoms with Crippen molar-refractivity contribution < 1.29 is 14.0 Å². The summed E-state index contributed by atoms with van der Waals surface area (Å²) in [6.45, 7) is 1.85. The third kappa shape index (κ3) is 4.27. The molecule has 2 amide bonds. The van der Waals surface area contributed by atoms with Gasteiger partial charge in [0.2, 0.25) is 0 Å². The highest BCUT2D eigenvalue weighted by molar-refractivity contribution is 6.35. The smallest absolute Gasteiger partial charge is 0.329 e. The van der Waals surface area contributed by atoms with Crippen molar-refractivity contribution in [3.8, 4) is 0 Å². The Morgan fingerprint density at radius 1 is 1.29 bits per heavy atom. The molecule has 7 heteroatoms. The number of nitrogens with zero attached hydrogens (tertiary/aromatic N) is 2. The van der Waals surface area contributed by atoms with Crippen molar-refractivity contribution in [2.75, 3.05) is 0 Å². The van der Waals surface area contributed by atoms with Gasteiger partial charge in [-0.05, 0) is 25.1 Å². The van der Waals surface area contributed by atoms with Crippen molar-refractivity contribution in [2.45, 2.75) is 13.5 Å². The highest BCUT2D eigenvalue weighted by atomic mass is 16.3. The molecule has 2 aromatic rings.